The van der Waals surface area contributed by atoms with Crippen molar-refractivity contribution >= 4 is 11.9 Å². The zero-order valence-electron chi connectivity index (χ0n) is 19.2. The van der Waals surface area contributed by atoms with Crippen LogP contribution >= 0.6 is 0 Å². The molecular formula is C27H21F2NO7. The molecule has 0 bridgehead atoms. The Hall–Kier alpha value is -4.34. The number of carbonyl (C=O) groups is 2. The summed E-state index contributed by atoms with van der Waals surface area (Å²) < 4.78 is 42.1. The van der Waals surface area contributed by atoms with Crippen LogP contribution in [0.5, 0.6) is 23.0 Å². The molecular weight excluding hydrogens is 488 g/mol. The van der Waals surface area contributed by atoms with Crippen LogP contribution < -0.4 is 19.5 Å². The molecule has 6 rings (SSSR count). The second-order valence-electron chi connectivity index (χ2n) is 9.43. The summed E-state index contributed by atoms with van der Waals surface area (Å²) in [6, 6.07) is 14.8. The van der Waals surface area contributed by atoms with Crippen LogP contribution in [0.25, 0.3) is 0 Å². The SMILES string of the molecule is O=C(O)c1cccc([C@H]2C[C@@H](NC(=O)C3(c4ccc5c(c4)OC(F)(F)O5)CC3)c3ccc(O)cc3O2)c1. The number of fused-ring (bicyclic) bond motifs is 2. The van der Waals surface area contributed by atoms with Crippen molar-refractivity contribution in [2.75, 3.05) is 0 Å². The van der Waals surface area contributed by atoms with Crippen molar-refractivity contribution in [2.45, 2.75) is 43.1 Å². The Morgan fingerprint density at radius 3 is 2.49 bits per heavy atom. The minimum atomic E-state index is -3.75. The summed E-state index contributed by atoms with van der Waals surface area (Å²) in [4.78, 5) is 25.0. The first-order valence-electron chi connectivity index (χ1n) is 11.7. The van der Waals surface area contributed by atoms with Crippen molar-refractivity contribution in [3.05, 3.63) is 82.9 Å². The number of hydrogen-bond acceptors (Lipinski definition) is 6. The molecule has 2 heterocycles. The number of aromatic hydroxyl groups is 1. The number of hydrogen-bond donors (Lipinski definition) is 3. The number of aromatic carboxylic acids is 1. The third-order valence-electron chi connectivity index (χ3n) is 7.04. The molecule has 3 aromatic rings. The average Bonchev–Trinajstić information content (AvgIpc) is 3.60. The molecule has 1 saturated carbocycles. The lowest BCUT2D eigenvalue weighted by atomic mass is 9.90. The van der Waals surface area contributed by atoms with Crippen molar-refractivity contribution in [2.24, 2.45) is 0 Å². The van der Waals surface area contributed by atoms with Crippen LogP contribution in [0.3, 0.4) is 0 Å². The molecule has 0 unspecified atom stereocenters. The molecule has 190 valence electrons. The zero-order chi connectivity index (χ0) is 25.9. The number of rotatable bonds is 5. The number of phenols is 1. The predicted octanol–water partition coefficient (Wildman–Crippen LogP) is 4.82. The number of carboxylic acid groups (broad SMARTS) is 1. The summed E-state index contributed by atoms with van der Waals surface area (Å²) in [5.74, 6) is -1.20. The lowest BCUT2D eigenvalue weighted by molar-refractivity contribution is -0.286. The highest BCUT2D eigenvalue weighted by molar-refractivity contribution is 5.92. The summed E-state index contributed by atoms with van der Waals surface area (Å²) in [5, 5.41) is 22.5. The van der Waals surface area contributed by atoms with Crippen molar-refractivity contribution in [3.63, 3.8) is 0 Å². The maximum absolute atomic E-state index is 13.6. The highest BCUT2D eigenvalue weighted by Gasteiger charge is 2.53. The van der Waals surface area contributed by atoms with Gasteiger partial charge in [-0.15, -0.1) is 8.78 Å². The molecule has 0 aromatic heterocycles. The first-order valence-corrected chi connectivity index (χ1v) is 11.7. The summed E-state index contributed by atoms with van der Waals surface area (Å²) in [6.07, 6.45) is -2.95. The number of nitrogens with one attached hydrogen (secondary N) is 1. The quantitative estimate of drug-likeness (QED) is 0.452. The van der Waals surface area contributed by atoms with Crippen molar-refractivity contribution < 1.29 is 42.8 Å². The van der Waals surface area contributed by atoms with Gasteiger partial charge in [0.25, 0.3) is 0 Å². The maximum atomic E-state index is 13.6. The normalized spacial score (nSPS) is 21.9. The minimum Gasteiger partial charge on any atom is -0.508 e. The Labute approximate surface area is 209 Å². The number of ether oxygens (including phenoxy) is 3. The Morgan fingerprint density at radius 1 is 0.946 bits per heavy atom. The number of alkyl halides is 2. The minimum absolute atomic E-state index is 0.0143. The Morgan fingerprint density at radius 2 is 1.73 bits per heavy atom. The number of amides is 1. The smallest absolute Gasteiger partial charge is 0.508 e. The van der Waals surface area contributed by atoms with E-state index in [4.69, 9.17) is 4.74 Å². The van der Waals surface area contributed by atoms with Gasteiger partial charge in [0.15, 0.2) is 11.5 Å². The third kappa shape index (κ3) is 4.08. The topological polar surface area (TPSA) is 114 Å². The Kier molecular flexibility index (Phi) is 5.05. The van der Waals surface area contributed by atoms with Gasteiger partial charge in [0.2, 0.25) is 5.91 Å². The molecule has 1 aliphatic carbocycles. The largest absolute Gasteiger partial charge is 0.586 e. The Bertz CT molecular complexity index is 1440. The van der Waals surface area contributed by atoms with E-state index in [-0.39, 0.29) is 28.7 Å². The van der Waals surface area contributed by atoms with E-state index in [1.807, 2.05) is 0 Å². The number of carboxylic acids is 1. The lowest BCUT2D eigenvalue weighted by Gasteiger charge is -2.34. The van der Waals surface area contributed by atoms with E-state index in [1.54, 1.807) is 24.3 Å². The van der Waals surface area contributed by atoms with E-state index in [0.29, 0.717) is 41.7 Å². The zero-order valence-corrected chi connectivity index (χ0v) is 19.2. The molecule has 8 nitrogen and oxygen atoms in total. The fraction of sp³-hybridized carbons (Fsp3) is 0.259. The molecule has 2 atom stereocenters. The lowest BCUT2D eigenvalue weighted by Crippen LogP contribution is -2.39. The van der Waals surface area contributed by atoms with Gasteiger partial charge in [0.05, 0.1) is 17.0 Å². The fourth-order valence-corrected chi connectivity index (χ4v) is 4.98. The van der Waals surface area contributed by atoms with Gasteiger partial charge in [-0.2, -0.15) is 0 Å². The molecule has 0 radical (unpaired) electrons. The number of benzene rings is 3. The standard InChI is InChI=1S/C27H21F2NO7/c28-27(29)36-20-7-4-16(11-23(20)37-27)26(8-9-26)25(34)30-19-13-21(14-2-1-3-15(10-14)24(32)33)35-22-12-17(31)5-6-18(19)22/h1-7,10-12,19,21,31H,8-9,13H2,(H,30,34)(H,32,33)/t19-,21-/m1/s1. The molecule has 3 aliphatic rings. The van der Waals surface area contributed by atoms with E-state index in [9.17, 15) is 28.6 Å². The van der Waals surface area contributed by atoms with E-state index in [1.165, 1.54) is 36.4 Å². The molecule has 0 saturated heterocycles. The summed E-state index contributed by atoms with van der Waals surface area (Å²) in [6.45, 7) is 0. The number of phenolic OH excluding ortho intramolecular Hbond substituents is 1. The second-order valence-corrected chi connectivity index (χ2v) is 9.43. The first-order chi connectivity index (χ1) is 17.6. The first kappa shape index (κ1) is 23.1. The van der Waals surface area contributed by atoms with Gasteiger partial charge in [-0.1, -0.05) is 18.2 Å². The highest BCUT2D eigenvalue weighted by atomic mass is 19.3. The molecule has 1 fully saturated rings. The molecule has 3 N–H and O–H groups in total. The number of carbonyl (C=O) groups excluding carboxylic acids is 1. The van der Waals surface area contributed by atoms with Gasteiger partial charge in [-0.25, -0.2) is 4.79 Å². The van der Waals surface area contributed by atoms with Gasteiger partial charge >= 0.3 is 12.3 Å². The van der Waals surface area contributed by atoms with Crippen molar-refractivity contribution in [3.8, 4) is 23.0 Å². The predicted molar refractivity (Wildman–Crippen MR) is 124 cm³/mol. The van der Waals surface area contributed by atoms with Crippen LogP contribution in [0.15, 0.2) is 60.7 Å². The van der Waals surface area contributed by atoms with Gasteiger partial charge in [0, 0.05) is 18.1 Å². The number of halogens is 2. The maximum Gasteiger partial charge on any atom is 0.586 e. The summed E-state index contributed by atoms with van der Waals surface area (Å²) in [5.41, 5.74) is 1.04. The molecule has 3 aromatic carbocycles. The summed E-state index contributed by atoms with van der Waals surface area (Å²) >= 11 is 0. The van der Waals surface area contributed by atoms with Crippen LogP contribution in [-0.2, 0) is 10.2 Å². The van der Waals surface area contributed by atoms with Crippen LogP contribution in [0.2, 0.25) is 0 Å². The van der Waals surface area contributed by atoms with Gasteiger partial charge < -0.3 is 29.7 Å². The second kappa shape index (κ2) is 8.09. The summed E-state index contributed by atoms with van der Waals surface area (Å²) in [7, 11) is 0. The van der Waals surface area contributed by atoms with E-state index >= 15 is 0 Å². The fourth-order valence-electron chi connectivity index (χ4n) is 4.98. The van der Waals surface area contributed by atoms with E-state index in [2.05, 4.69) is 14.8 Å². The average molecular weight is 509 g/mol. The third-order valence-corrected chi connectivity index (χ3v) is 7.04. The van der Waals surface area contributed by atoms with Gasteiger partial charge in [-0.05, 0) is 60.4 Å². The van der Waals surface area contributed by atoms with E-state index < -0.39 is 29.8 Å². The van der Waals surface area contributed by atoms with Crippen LogP contribution in [0, 0.1) is 0 Å². The highest BCUT2D eigenvalue weighted by Crippen LogP contribution is 2.53. The monoisotopic (exact) mass is 509 g/mol. The molecule has 2 aliphatic heterocycles. The molecule has 10 heteroatoms. The van der Waals surface area contributed by atoms with Crippen molar-refractivity contribution in [1.29, 1.82) is 0 Å². The molecule has 37 heavy (non-hydrogen) atoms. The van der Waals surface area contributed by atoms with Crippen molar-refractivity contribution in [1.82, 2.24) is 5.32 Å². The van der Waals surface area contributed by atoms with Crippen LogP contribution in [-0.4, -0.2) is 28.4 Å². The molecule has 1 amide bonds. The van der Waals surface area contributed by atoms with E-state index in [0.717, 1.165) is 0 Å². The molecule has 0 spiro atoms. The van der Waals surface area contributed by atoms with Crippen LogP contribution in [0.4, 0.5) is 8.78 Å². The van der Waals surface area contributed by atoms with Gasteiger partial charge in [-0.3, -0.25) is 4.79 Å². The Balaban J connectivity index is 1.29. The van der Waals surface area contributed by atoms with Gasteiger partial charge in [0.1, 0.15) is 17.6 Å². The van der Waals surface area contributed by atoms with Crippen LogP contribution in [0.1, 0.15) is 58.5 Å².